The van der Waals surface area contributed by atoms with Gasteiger partial charge in [0.1, 0.15) is 0 Å². The summed E-state index contributed by atoms with van der Waals surface area (Å²) in [6, 6.07) is 16.9. The van der Waals surface area contributed by atoms with Gasteiger partial charge in [-0.25, -0.2) is 13.1 Å². The van der Waals surface area contributed by atoms with Gasteiger partial charge in [0.2, 0.25) is 15.9 Å². The Hall–Kier alpha value is -2.64. The number of anilines is 2. The highest BCUT2D eigenvalue weighted by Crippen LogP contribution is 2.28. The number of carbonyl (C=O) groups is 1. The first-order chi connectivity index (χ1) is 13.5. The molecule has 1 fully saturated rings. The first kappa shape index (κ1) is 20.1. The van der Waals surface area contributed by atoms with Gasteiger partial charge < -0.3 is 10.2 Å². The van der Waals surface area contributed by atoms with Crippen molar-refractivity contribution in [2.24, 2.45) is 0 Å². The Labute approximate surface area is 166 Å². The van der Waals surface area contributed by atoms with E-state index in [0.29, 0.717) is 0 Å². The Bertz CT molecular complexity index is 921. The van der Waals surface area contributed by atoms with Gasteiger partial charge in [-0.3, -0.25) is 4.79 Å². The van der Waals surface area contributed by atoms with E-state index >= 15 is 0 Å². The Morgan fingerprint density at radius 3 is 2.43 bits per heavy atom. The lowest BCUT2D eigenvalue weighted by Crippen LogP contribution is -2.27. The van der Waals surface area contributed by atoms with Crippen molar-refractivity contribution in [3.8, 4) is 0 Å². The van der Waals surface area contributed by atoms with Crippen molar-refractivity contribution in [3.63, 3.8) is 0 Å². The molecule has 0 radical (unpaired) electrons. The quantitative estimate of drug-likeness (QED) is 0.714. The van der Waals surface area contributed by atoms with Crippen molar-refractivity contribution < 1.29 is 13.2 Å². The highest BCUT2D eigenvalue weighted by atomic mass is 32.2. The monoisotopic (exact) mass is 399 g/mol. The molecule has 28 heavy (non-hydrogen) atoms. The highest BCUT2D eigenvalue weighted by Gasteiger charge is 2.16. The van der Waals surface area contributed by atoms with E-state index < -0.39 is 10.0 Å². The molecule has 0 atom stereocenters. The molecule has 0 saturated carbocycles. The Morgan fingerprint density at radius 1 is 1.00 bits per heavy atom. The van der Waals surface area contributed by atoms with Gasteiger partial charge in [-0.15, -0.1) is 0 Å². The summed E-state index contributed by atoms with van der Waals surface area (Å²) in [5.74, 6) is -0.221. The molecule has 1 saturated heterocycles. The number of sulfonamides is 1. The van der Waals surface area contributed by atoms with Crippen LogP contribution in [0.25, 0.3) is 6.08 Å². The van der Waals surface area contributed by atoms with Crippen LogP contribution in [0.4, 0.5) is 11.4 Å². The zero-order valence-corrected chi connectivity index (χ0v) is 16.5. The summed E-state index contributed by atoms with van der Waals surface area (Å²) in [4.78, 5) is 14.5. The van der Waals surface area contributed by atoms with Crippen molar-refractivity contribution in [2.45, 2.75) is 19.3 Å². The summed E-state index contributed by atoms with van der Waals surface area (Å²) in [5, 5.41) is 4.01. The standard InChI is InChI=1S/C21H25N3O3S/c25-21(23-19-10-4-5-11-20(19)24-15-6-7-16-24)12-14-22-28(26,27)17-13-18-8-2-1-3-9-18/h1-5,8-11,13,17,22H,6-7,12,14-16H2,(H,23,25)/b17-13+. The third-order valence-corrected chi connectivity index (χ3v) is 5.62. The van der Waals surface area contributed by atoms with E-state index in [-0.39, 0.29) is 18.9 Å². The SMILES string of the molecule is O=C(CCNS(=O)(=O)/C=C/c1ccccc1)Nc1ccccc1N1CCCC1. The third-order valence-electron chi connectivity index (χ3n) is 4.52. The lowest BCUT2D eigenvalue weighted by Gasteiger charge is -2.21. The fourth-order valence-electron chi connectivity index (χ4n) is 3.11. The van der Waals surface area contributed by atoms with Crippen molar-refractivity contribution in [3.05, 3.63) is 65.6 Å². The number of hydrogen-bond acceptors (Lipinski definition) is 4. The minimum atomic E-state index is -3.59. The molecule has 6 nitrogen and oxygen atoms in total. The van der Waals surface area contributed by atoms with Crippen LogP contribution >= 0.6 is 0 Å². The van der Waals surface area contributed by atoms with Gasteiger partial charge in [0, 0.05) is 31.5 Å². The molecule has 2 N–H and O–H groups in total. The summed E-state index contributed by atoms with van der Waals surface area (Å²) in [7, 11) is -3.59. The van der Waals surface area contributed by atoms with Crippen LogP contribution in [0.15, 0.2) is 60.0 Å². The minimum Gasteiger partial charge on any atom is -0.370 e. The molecule has 2 aromatic rings. The van der Waals surface area contributed by atoms with Crippen LogP contribution in [0.5, 0.6) is 0 Å². The molecule has 1 aliphatic rings. The number of rotatable bonds is 8. The Balaban J connectivity index is 1.50. The Morgan fingerprint density at radius 2 is 1.68 bits per heavy atom. The molecule has 0 unspecified atom stereocenters. The molecule has 7 heteroatoms. The van der Waals surface area contributed by atoms with Gasteiger partial charge in [0.15, 0.2) is 0 Å². The fourth-order valence-corrected chi connectivity index (χ4v) is 3.93. The van der Waals surface area contributed by atoms with Gasteiger partial charge in [-0.1, -0.05) is 42.5 Å². The van der Waals surface area contributed by atoms with Crippen LogP contribution < -0.4 is 14.9 Å². The smallest absolute Gasteiger partial charge is 0.233 e. The molecule has 1 heterocycles. The number of hydrogen-bond donors (Lipinski definition) is 2. The van der Waals surface area contributed by atoms with E-state index in [1.807, 2.05) is 54.6 Å². The summed E-state index contributed by atoms with van der Waals surface area (Å²) in [6.45, 7) is 2.01. The summed E-state index contributed by atoms with van der Waals surface area (Å²) < 4.78 is 26.5. The van der Waals surface area contributed by atoms with E-state index in [0.717, 1.165) is 48.3 Å². The van der Waals surface area contributed by atoms with Gasteiger partial charge in [-0.2, -0.15) is 0 Å². The lowest BCUT2D eigenvalue weighted by atomic mass is 10.2. The lowest BCUT2D eigenvalue weighted by molar-refractivity contribution is -0.116. The zero-order valence-electron chi connectivity index (χ0n) is 15.7. The van der Waals surface area contributed by atoms with Gasteiger partial charge in [0.25, 0.3) is 0 Å². The summed E-state index contributed by atoms with van der Waals surface area (Å²) >= 11 is 0. The van der Waals surface area contributed by atoms with Crippen molar-refractivity contribution in [1.82, 2.24) is 4.72 Å². The fraction of sp³-hybridized carbons (Fsp3) is 0.286. The molecule has 148 valence electrons. The number of carbonyl (C=O) groups excluding carboxylic acids is 1. The zero-order chi connectivity index (χ0) is 19.8. The molecule has 0 aromatic heterocycles. The molecule has 3 rings (SSSR count). The van der Waals surface area contributed by atoms with Crippen LogP contribution in [-0.4, -0.2) is 34.0 Å². The van der Waals surface area contributed by atoms with E-state index in [4.69, 9.17) is 0 Å². The second-order valence-corrected chi connectivity index (χ2v) is 8.31. The maximum atomic E-state index is 12.3. The second-order valence-electron chi connectivity index (χ2n) is 6.66. The minimum absolute atomic E-state index is 0.0409. The van der Waals surface area contributed by atoms with E-state index in [2.05, 4.69) is 14.9 Å². The number of amides is 1. The van der Waals surface area contributed by atoms with Gasteiger partial charge >= 0.3 is 0 Å². The molecular formula is C21H25N3O3S. The van der Waals surface area contributed by atoms with Crippen LogP contribution in [-0.2, 0) is 14.8 Å². The first-order valence-corrected chi connectivity index (χ1v) is 10.9. The average molecular weight is 400 g/mol. The molecule has 1 aliphatic heterocycles. The van der Waals surface area contributed by atoms with E-state index in [9.17, 15) is 13.2 Å². The second kappa shape index (κ2) is 9.52. The summed E-state index contributed by atoms with van der Waals surface area (Å²) in [6.07, 6.45) is 3.89. The molecule has 0 spiro atoms. The molecule has 2 aromatic carbocycles. The normalized spacial score (nSPS) is 14.5. The number of benzene rings is 2. The maximum Gasteiger partial charge on any atom is 0.233 e. The van der Waals surface area contributed by atoms with Crippen LogP contribution in [0, 0.1) is 0 Å². The largest absolute Gasteiger partial charge is 0.370 e. The third kappa shape index (κ3) is 5.94. The van der Waals surface area contributed by atoms with Gasteiger partial charge in [0.05, 0.1) is 11.4 Å². The predicted octanol–water partition coefficient (Wildman–Crippen LogP) is 3.21. The maximum absolute atomic E-state index is 12.3. The molecular weight excluding hydrogens is 374 g/mol. The van der Waals surface area contributed by atoms with Crippen LogP contribution in [0.2, 0.25) is 0 Å². The number of para-hydroxylation sites is 2. The molecule has 1 amide bonds. The van der Waals surface area contributed by atoms with Crippen LogP contribution in [0.1, 0.15) is 24.8 Å². The van der Waals surface area contributed by atoms with E-state index in [1.54, 1.807) is 0 Å². The number of nitrogens with zero attached hydrogens (tertiary/aromatic N) is 1. The van der Waals surface area contributed by atoms with Crippen molar-refractivity contribution in [2.75, 3.05) is 29.9 Å². The predicted molar refractivity (Wildman–Crippen MR) is 114 cm³/mol. The Kier molecular flexibility index (Phi) is 6.84. The van der Waals surface area contributed by atoms with Crippen molar-refractivity contribution in [1.29, 1.82) is 0 Å². The number of nitrogens with one attached hydrogen (secondary N) is 2. The molecule has 0 bridgehead atoms. The summed E-state index contributed by atoms with van der Waals surface area (Å²) in [5.41, 5.74) is 2.57. The van der Waals surface area contributed by atoms with Gasteiger partial charge in [-0.05, 0) is 36.6 Å². The first-order valence-electron chi connectivity index (χ1n) is 9.40. The topological polar surface area (TPSA) is 78.5 Å². The van der Waals surface area contributed by atoms with Crippen LogP contribution in [0.3, 0.4) is 0 Å². The van der Waals surface area contributed by atoms with E-state index in [1.165, 1.54) is 6.08 Å². The highest BCUT2D eigenvalue weighted by molar-refractivity contribution is 7.92. The average Bonchev–Trinajstić information content (AvgIpc) is 3.22. The molecule has 0 aliphatic carbocycles. The van der Waals surface area contributed by atoms with Crippen molar-refractivity contribution >= 4 is 33.4 Å².